The van der Waals surface area contributed by atoms with E-state index < -0.39 is 0 Å². The smallest absolute Gasteiger partial charge is 0.230 e. The first-order valence-electron chi connectivity index (χ1n) is 6.03. The summed E-state index contributed by atoms with van der Waals surface area (Å²) in [6, 6.07) is 0. The van der Waals surface area contributed by atoms with E-state index in [4.69, 9.17) is 4.74 Å². The van der Waals surface area contributed by atoms with E-state index in [1.807, 2.05) is 20.8 Å². The Balaban J connectivity index is 2.06. The van der Waals surface area contributed by atoms with Crippen LogP contribution in [0.25, 0.3) is 0 Å². The van der Waals surface area contributed by atoms with Crippen LogP contribution >= 0.6 is 0 Å². The van der Waals surface area contributed by atoms with Crippen LogP contribution in [0.2, 0.25) is 0 Å². The number of rotatable bonds is 2. The molecule has 1 aliphatic rings. The second-order valence-electron chi connectivity index (χ2n) is 4.62. The maximum absolute atomic E-state index is 12.1. The van der Waals surface area contributed by atoms with Gasteiger partial charge >= 0.3 is 0 Å². The van der Waals surface area contributed by atoms with Crippen molar-refractivity contribution in [2.45, 2.75) is 39.7 Å². The summed E-state index contributed by atoms with van der Waals surface area (Å²) in [6.07, 6.45) is 1.84. The Labute approximate surface area is 101 Å². The van der Waals surface area contributed by atoms with Crippen LogP contribution in [0.1, 0.15) is 31.2 Å². The van der Waals surface area contributed by atoms with Crippen LogP contribution in [-0.2, 0) is 9.53 Å². The lowest BCUT2D eigenvalue weighted by Crippen LogP contribution is -2.36. The zero-order chi connectivity index (χ0) is 12.4. The van der Waals surface area contributed by atoms with Gasteiger partial charge in [0.2, 0.25) is 5.91 Å². The van der Waals surface area contributed by atoms with Gasteiger partial charge in [-0.05, 0) is 33.6 Å². The predicted molar refractivity (Wildman–Crippen MR) is 64.8 cm³/mol. The van der Waals surface area contributed by atoms with Crippen molar-refractivity contribution in [1.29, 1.82) is 0 Å². The van der Waals surface area contributed by atoms with Crippen LogP contribution in [0, 0.1) is 19.8 Å². The van der Waals surface area contributed by atoms with Crippen LogP contribution in [0.4, 0.5) is 5.69 Å². The van der Waals surface area contributed by atoms with Gasteiger partial charge in [-0.3, -0.25) is 9.89 Å². The zero-order valence-corrected chi connectivity index (χ0v) is 10.5. The minimum absolute atomic E-state index is 0.00346. The summed E-state index contributed by atoms with van der Waals surface area (Å²) < 4.78 is 5.51. The number of nitrogens with one attached hydrogen (secondary N) is 2. The van der Waals surface area contributed by atoms with E-state index in [1.54, 1.807) is 0 Å². The molecule has 1 aromatic heterocycles. The van der Waals surface area contributed by atoms with E-state index in [0.29, 0.717) is 0 Å². The Morgan fingerprint density at radius 1 is 1.53 bits per heavy atom. The lowest BCUT2D eigenvalue weighted by molar-refractivity contribution is -0.127. The van der Waals surface area contributed by atoms with Crippen molar-refractivity contribution in [1.82, 2.24) is 10.2 Å². The molecule has 1 saturated heterocycles. The van der Waals surface area contributed by atoms with Gasteiger partial charge in [0.15, 0.2) is 0 Å². The lowest BCUT2D eigenvalue weighted by Gasteiger charge is -2.28. The molecule has 5 nitrogen and oxygen atoms in total. The molecule has 0 bridgehead atoms. The molecular formula is C12H19N3O2. The number of hydrogen-bond acceptors (Lipinski definition) is 3. The number of nitrogens with zero attached hydrogens (tertiary/aromatic N) is 1. The third-order valence-electron chi connectivity index (χ3n) is 3.32. The number of anilines is 1. The summed E-state index contributed by atoms with van der Waals surface area (Å²) in [5.41, 5.74) is 2.51. The van der Waals surface area contributed by atoms with Gasteiger partial charge in [0.05, 0.1) is 29.1 Å². The molecular weight excluding hydrogens is 218 g/mol. The van der Waals surface area contributed by atoms with E-state index in [0.717, 1.165) is 36.5 Å². The standard InChI is InChI=1S/C12H19N3O2/c1-7-11(8(2)15-14-7)13-12(16)10-5-4-6-17-9(10)3/h9-10H,4-6H2,1-3H3,(H,13,16)(H,14,15)/t9-,10+/m1/s1. The van der Waals surface area contributed by atoms with Crippen LogP contribution < -0.4 is 5.32 Å². The van der Waals surface area contributed by atoms with Crippen molar-refractivity contribution in [2.24, 2.45) is 5.92 Å². The number of carbonyl (C=O) groups is 1. The average molecular weight is 237 g/mol. The molecule has 5 heteroatoms. The van der Waals surface area contributed by atoms with Crippen LogP contribution in [0.5, 0.6) is 0 Å². The molecule has 0 spiro atoms. The van der Waals surface area contributed by atoms with Crippen molar-refractivity contribution in [3.05, 3.63) is 11.4 Å². The molecule has 2 N–H and O–H groups in total. The molecule has 1 aliphatic heterocycles. The molecule has 2 atom stereocenters. The van der Waals surface area contributed by atoms with Crippen molar-refractivity contribution >= 4 is 11.6 Å². The third kappa shape index (κ3) is 2.49. The number of hydrogen-bond donors (Lipinski definition) is 2. The first-order chi connectivity index (χ1) is 8.09. The van der Waals surface area contributed by atoms with E-state index in [-0.39, 0.29) is 17.9 Å². The molecule has 2 heterocycles. The summed E-state index contributed by atoms with van der Waals surface area (Å²) in [7, 11) is 0. The number of aromatic nitrogens is 2. The number of aromatic amines is 1. The second kappa shape index (κ2) is 4.87. The Hall–Kier alpha value is -1.36. The molecule has 1 amide bonds. The number of amides is 1. The highest BCUT2D eigenvalue weighted by Crippen LogP contribution is 2.24. The summed E-state index contributed by atoms with van der Waals surface area (Å²) >= 11 is 0. The molecule has 0 saturated carbocycles. The highest BCUT2D eigenvalue weighted by atomic mass is 16.5. The average Bonchev–Trinajstić information content (AvgIpc) is 2.61. The van der Waals surface area contributed by atoms with Gasteiger partial charge in [0.1, 0.15) is 0 Å². The molecule has 2 rings (SSSR count). The van der Waals surface area contributed by atoms with Gasteiger partial charge in [-0.1, -0.05) is 0 Å². The molecule has 0 aliphatic carbocycles. The number of ether oxygens (including phenoxy) is 1. The first-order valence-corrected chi connectivity index (χ1v) is 6.03. The van der Waals surface area contributed by atoms with E-state index in [1.165, 1.54) is 0 Å². The van der Waals surface area contributed by atoms with Gasteiger partial charge < -0.3 is 10.1 Å². The Morgan fingerprint density at radius 2 is 2.29 bits per heavy atom. The maximum atomic E-state index is 12.1. The van der Waals surface area contributed by atoms with Crippen LogP contribution in [0.3, 0.4) is 0 Å². The number of aryl methyl sites for hydroxylation is 2. The highest BCUT2D eigenvalue weighted by Gasteiger charge is 2.29. The normalized spacial score (nSPS) is 24.6. The van der Waals surface area contributed by atoms with E-state index >= 15 is 0 Å². The third-order valence-corrected chi connectivity index (χ3v) is 3.32. The molecule has 1 aromatic rings. The van der Waals surface area contributed by atoms with Gasteiger partial charge in [0.25, 0.3) is 0 Å². The Kier molecular flexibility index (Phi) is 3.47. The maximum Gasteiger partial charge on any atom is 0.230 e. The minimum atomic E-state index is -0.0579. The molecule has 0 unspecified atom stereocenters. The summed E-state index contributed by atoms with van der Waals surface area (Å²) in [5.74, 6) is -0.0257. The summed E-state index contributed by atoms with van der Waals surface area (Å²) in [4.78, 5) is 12.1. The summed E-state index contributed by atoms with van der Waals surface area (Å²) in [6.45, 7) is 6.49. The Bertz CT molecular complexity index is 394. The van der Waals surface area contributed by atoms with Gasteiger partial charge in [-0.15, -0.1) is 0 Å². The van der Waals surface area contributed by atoms with Crippen molar-refractivity contribution in [2.75, 3.05) is 11.9 Å². The van der Waals surface area contributed by atoms with Crippen molar-refractivity contribution in [3.8, 4) is 0 Å². The monoisotopic (exact) mass is 237 g/mol. The SMILES string of the molecule is Cc1n[nH]c(C)c1NC(=O)[C@H]1CCCO[C@@H]1C. The first kappa shape index (κ1) is 12.1. The highest BCUT2D eigenvalue weighted by molar-refractivity contribution is 5.94. The molecule has 17 heavy (non-hydrogen) atoms. The van der Waals surface area contributed by atoms with Crippen LogP contribution in [-0.4, -0.2) is 28.8 Å². The molecule has 1 fully saturated rings. The van der Waals surface area contributed by atoms with Crippen molar-refractivity contribution in [3.63, 3.8) is 0 Å². The zero-order valence-electron chi connectivity index (χ0n) is 10.5. The van der Waals surface area contributed by atoms with Crippen LogP contribution in [0.15, 0.2) is 0 Å². The Morgan fingerprint density at radius 3 is 2.88 bits per heavy atom. The second-order valence-corrected chi connectivity index (χ2v) is 4.62. The summed E-state index contributed by atoms with van der Waals surface area (Å²) in [5, 5.41) is 9.87. The van der Waals surface area contributed by atoms with E-state index in [9.17, 15) is 4.79 Å². The fraction of sp³-hybridized carbons (Fsp3) is 0.667. The van der Waals surface area contributed by atoms with Gasteiger partial charge in [-0.2, -0.15) is 5.10 Å². The predicted octanol–water partition coefficient (Wildman–Crippen LogP) is 1.78. The van der Waals surface area contributed by atoms with Crippen molar-refractivity contribution < 1.29 is 9.53 Å². The molecule has 94 valence electrons. The largest absolute Gasteiger partial charge is 0.378 e. The molecule has 0 radical (unpaired) electrons. The van der Waals surface area contributed by atoms with Gasteiger partial charge in [-0.25, -0.2) is 0 Å². The number of H-pyrrole nitrogens is 1. The van der Waals surface area contributed by atoms with Gasteiger partial charge in [0, 0.05) is 6.61 Å². The van der Waals surface area contributed by atoms with E-state index in [2.05, 4.69) is 15.5 Å². The minimum Gasteiger partial charge on any atom is -0.378 e. The fourth-order valence-corrected chi connectivity index (χ4v) is 2.22. The number of carbonyl (C=O) groups excluding carboxylic acids is 1. The molecule has 0 aromatic carbocycles. The quantitative estimate of drug-likeness (QED) is 0.824. The lowest BCUT2D eigenvalue weighted by atomic mass is 9.94. The topological polar surface area (TPSA) is 67.0 Å². The fourth-order valence-electron chi connectivity index (χ4n) is 2.22.